The highest BCUT2D eigenvalue weighted by atomic mass is 32.2. The lowest BCUT2D eigenvalue weighted by molar-refractivity contribution is 0.412. The number of ether oxygens (including phenoxy) is 1. The van der Waals surface area contributed by atoms with Crippen LogP contribution in [0.3, 0.4) is 0 Å². The molecule has 1 atom stereocenters. The number of rotatable bonds is 6. The molecule has 5 rings (SSSR count). The molecule has 4 aromatic rings. The molecule has 0 bridgehead atoms. The van der Waals surface area contributed by atoms with Crippen LogP contribution in [0.4, 0.5) is 0 Å². The molecule has 1 heterocycles. The predicted octanol–water partition coefficient (Wildman–Crippen LogP) is 4.48. The van der Waals surface area contributed by atoms with Crippen LogP contribution >= 0.6 is 11.3 Å². The first kappa shape index (κ1) is 21.9. The number of hydrogen-bond acceptors (Lipinski definition) is 5. The molecule has 170 valence electrons. The van der Waals surface area contributed by atoms with Crippen LogP contribution in [0, 0.1) is 0 Å². The Morgan fingerprint density at radius 1 is 1.09 bits per heavy atom. The molecule has 0 unspecified atom stereocenters. The number of nitrogens with zero attached hydrogens (tertiary/aromatic N) is 1. The molecule has 3 aromatic carbocycles. The largest absolute Gasteiger partial charge is 0.497 e. The second-order valence-corrected chi connectivity index (χ2v) is 10.9. The zero-order chi connectivity index (χ0) is 23.0. The lowest BCUT2D eigenvalue weighted by Gasteiger charge is -2.26. The molecule has 0 aliphatic heterocycles. The van der Waals surface area contributed by atoms with Gasteiger partial charge in [0.05, 0.1) is 28.8 Å². The van der Waals surface area contributed by atoms with Crippen LogP contribution in [-0.2, 0) is 23.0 Å². The molecule has 8 heteroatoms. The van der Waals surface area contributed by atoms with Gasteiger partial charge in [-0.15, -0.1) is 0 Å². The minimum absolute atomic E-state index is 0.105. The van der Waals surface area contributed by atoms with E-state index in [1.54, 1.807) is 29.9 Å². The fraction of sp³-hybridized carbons (Fsp3) is 0.240. The Bertz CT molecular complexity index is 1470. The van der Waals surface area contributed by atoms with Crippen molar-refractivity contribution in [3.8, 4) is 5.75 Å². The Hall–Kier alpha value is -2.94. The summed E-state index contributed by atoms with van der Waals surface area (Å²) in [5.74, 6) is 0.776. The first-order valence-corrected chi connectivity index (χ1v) is 13.1. The van der Waals surface area contributed by atoms with Crippen molar-refractivity contribution in [3.05, 3.63) is 93.1 Å². The maximum Gasteiger partial charge on any atom is 0.308 e. The van der Waals surface area contributed by atoms with Crippen molar-refractivity contribution >= 4 is 31.6 Å². The Kier molecular flexibility index (Phi) is 5.82. The molecule has 6 nitrogen and oxygen atoms in total. The molecule has 0 saturated carbocycles. The van der Waals surface area contributed by atoms with Crippen LogP contribution in [-0.4, -0.2) is 20.1 Å². The summed E-state index contributed by atoms with van der Waals surface area (Å²) in [7, 11) is -2.13. The van der Waals surface area contributed by atoms with Gasteiger partial charge in [-0.25, -0.2) is 13.1 Å². The van der Waals surface area contributed by atoms with Crippen molar-refractivity contribution in [2.24, 2.45) is 0 Å². The molecule has 1 aliphatic rings. The second kappa shape index (κ2) is 8.78. The third kappa shape index (κ3) is 4.34. The summed E-state index contributed by atoms with van der Waals surface area (Å²) in [6, 6.07) is 20.1. The van der Waals surface area contributed by atoms with E-state index in [9.17, 15) is 13.2 Å². The minimum Gasteiger partial charge on any atom is -0.497 e. The zero-order valence-electron chi connectivity index (χ0n) is 18.2. The van der Waals surface area contributed by atoms with Gasteiger partial charge >= 0.3 is 4.87 Å². The first-order valence-electron chi connectivity index (χ1n) is 10.8. The summed E-state index contributed by atoms with van der Waals surface area (Å²) in [5, 5.41) is 0. The van der Waals surface area contributed by atoms with Crippen LogP contribution in [0.15, 0.2) is 76.4 Å². The van der Waals surface area contributed by atoms with E-state index in [0.717, 1.165) is 58.6 Å². The van der Waals surface area contributed by atoms with Crippen LogP contribution in [0.5, 0.6) is 5.75 Å². The minimum atomic E-state index is -3.76. The van der Waals surface area contributed by atoms with Crippen molar-refractivity contribution < 1.29 is 13.2 Å². The van der Waals surface area contributed by atoms with Crippen molar-refractivity contribution in [3.63, 3.8) is 0 Å². The quantitative estimate of drug-likeness (QED) is 0.442. The average Bonchev–Trinajstić information content (AvgIpc) is 3.13. The van der Waals surface area contributed by atoms with Gasteiger partial charge in [-0.05, 0) is 66.3 Å². The maximum absolute atomic E-state index is 13.2. The first-order chi connectivity index (χ1) is 15.9. The lowest BCUT2D eigenvalue weighted by Crippen LogP contribution is -2.31. The standard InChI is InChI=1S/C25H24N2O4S2/c1-31-19-10-12-21-18(14-19)8-5-9-22(21)26-33(29,30)20-11-13-23-24(15-20)32-25(28)27(23)16-17-6-3-2-4-7-17/h2-4,6-7,10-15,22,26H,5,8-9,16H2,1H3/t22-/m0/s1. The number of sulfonamides is 1. The van der Waals surface area contributed by atoms with Crippen molar-refractivity contribution in [2.45, 2.75) is 36.7 Å². The van der Waals surface area contributed by atoms with Crippen molar-refractivity contribution in [1.29, 1.82) is 0 Å². The molecule has 0 saturated heterocycles. The van der Waals surface area contributed by atoms with Gasteiger partial charge in [0.1, 0.15) is 5.75 Å². The zero-order valence-corrected chi connectivity index (χ0v) is 19.8. The number of fused-ring (bicyclic) bond motifs is 2. The normalized spacial score (nSPS) is 16.0. The number of benzene rings is 3. The molecule has 0 amide bonds. The SMILES string of the molecule is COc1ccc2c(c1)CCC[C@@H]2NS(=O)(=O)c1ccc2c(c1)sc(=O)n2Cc1ccccc1. The smallest absolute Gasteiger partial charge is 0.308 e. The molecular weight excluding hydrogens is 456 g/mol. The van der Waals surface area contributed by atoms with Gasteiger partial charge in [0.2, 0.25) is 10.0 Å². The number of nitrogens with one attached hydrogen (secondary N) is 1. The van der Waals surface area contributed by atoms with E-state index in [0.29, 0.717) is 11.2 Å². The summed E-state index contributed by atoms with van der Waals surface area (Å²) >= 11 is 1.07. The van der Waals surface area contributed by atoms with Crippen LogP contribution in [0.25, 0.3) is 10.2 Å². The third-order valence-corrected chi connectivity index (χ3v) is 8.51. The number of aryl methyl sites for hydroxylation is 1. The molecule has 0 fully saturated rings. The molecule has 0 spiro atoms. The van der Waals surface area contributed by atoms with E-state index in [4.69, 9.17) is 4.74 Å². The summed E-state index contributed by atoms with van der Waals surface area (Å²) < 4.78 is 37.0. The highest BCUT2D eigenvalue weighted by Gasteiger charge is 2.26. The van der Waals surface area contributed by atoms with E-state index in [-0.39, 0.29) is 15.8 Å². The number of aromatic nitrogens is 1. The highest BCUT2D eigenvalue weighted by molar-refractivity contribution is 7.89. The third-order valence-electron chi connectivity index (χ3n) is 6.10. The maximum atomic E-state index is 13.2. The average molecular weight is 481 g/mol. The molecule has 0 radical (unpaired) electrons. The van der Waals surface area contributed by atoms with E-state index in [2.05, 4.69) is 4.72 Å². The van der Waals surface area contributed by atoms with Gasteiger partial charge in [-0.2, -0.15) is 0 Å². The molecule has 33 heavy (non-hydrogen) atoms. The fourth-order valence-corrected chi connectivity index (χ4v) is 6.71. The fourth-order valence-electron chi connectivity index (χ4n) is 4.42. The van der Waals surface area contributed by atoms with Crippen molar-refractivity contribution in [2.75, 3.05) is 7.11 Å². The topological polar surface area (TPSA) is 77.4 Å². The van der Waals surface area contributed by atoms with Crippen LogP contribution in [0.1, 0.15) is 35.6 Å². The summed E-state index contributed by atoms with van der Waals surface area (Å²) in [4.78, 5) is 12.7. The Labute approximate surface area is 196 Å². The van der Waals surface area contributed by atoms with E-state index >= 15 is 0 Å². The van der Waals surface area contributed by atoms with Gasteiger partial charge in [-0.3, -0.25) is 9.36 Å². The van der Waals surface area contributed by atoms with E-state index < -0.39 is 10.0 Å². The Morgan fingerprint density at radius 2 is 1.91 bits per heavy atom. The number of hydrogen-bond donors (Lipinski definition) is 1. The van der Waals surface area contributed by atoms with Gasteiger partial charge in [0, 0.05) is 6.04 Å². The summed E-state index contributed by atoms with van der Waals surface area (Å²) in [6.07, 6.45) is 2.54. The van der Waals surface area contributed by atoms with E-state index in [1.807, 2.05) is 48.5 Å². The Balaban J connectivity index is 1.44. The van der Waals surface area contributed by atoms with E-state index in [1.165, 1.54) is 0 Å². The predicted molar refractivity (Wildman–Crippen MR) is 131 cm³/mol. The van der Waals surface area contributed by atoms with Crippen LogP contribution < -0.4 is 14.3 Å². The number of thiazole rings is 1. The van der Waals surface area contributed by atoms with Crippen molar-refractivity contribution in [1.82, 2.24) is 9.29 Å². The second-order valence-electron chi connectivity index (χ2n) is 8.20. The van der Waals surface area contributed by atoms with Gasteiger partial charge in [0.25, 0.3) is 0 Å². The van der Waals surface area contributed by atoms with Gasteiger partial charge < -0.3 is 4.74 Å². The molecule has 1 aromatic heterocycles. The summed E-state index contributed by atoms with van der Waals surface area (Å²) in [5.41, 5.74) is 3.86. The van der Waals surface area contributed by atoms with Gasteiger partial charge in [0.15, 0.2) is 0 Å². The van der Waals surface area contributed by atoms with Gasteiger partial charge in [-0.1, -0.05) is 47.7 Å². The molecule has 1 N–H and O–H groups in total. The Morgan fingerprint density at radius 3 is 2.70 bits per heavy atom. The monoisotopic (exact) mass is 480 g/mol. The highest BCUT2D eigenvalue weighted by Crippen LogP contribution is 2.33. The van der Waals surface area contributed by atoms with Crippen LogP contribution in [0.2, 0.25) is 0 Å². The molecule has 1 aliphatic carbocycles. The summed E-state index contributed by atoms with van der Waals surface area (Å²) in [6.45, 7) is 0.451. The lowest BCUT2D eigenvalue weighted by atomic mass is 9.88. The number of methoxy groups -OCH3 is 1. The molecular formula is C25H24N2O4S2.